The van der Waals surface area contributed by atoms with Gasteiger partial charge in [0, 0.05) is 30.8 Å². The first-order chi connectivity index (χ1) is 12.8. The number of hydrogen-bond donors (Lipinski definition) is 1. The molecule has 2 aromatic heterocycles. The summed E-state index contributed by atoms with van der Waals surface area (Å²) in [6.45, 7) is 1.55. The van der Waals surface area contributed by atoms with Gasteiger partial charge in [-0.15, -0.1) is 0 Å². The Morgan fingerprint density at radius 1 is 1.27 bits per heavy atom. The highest BCUT2D eigenvalue weighted by Gasteiger charge is 2.31. The lowest BCUT2D eigenvalue weighted by molar-refractivity contribution is 0.0782. The van der Waals surface area contributed by atoms with Crippen LogP contribution in [0.3, 0.4) is 0 Å². The van der Waals surface area contributed by atoms with E-state index in [1.165, 1.54) is 12.8 Å². The normalized spacial score (nSPS) is 20.2. The molecule has 1 aliphatic carbocycles. The standard InChI is InChI=1S/C19H21N5O2/c25-19(17-14-3-1-2-4-15(14)21-22-17)24-10-9-12(11-24)5-8-16-20-18(26-23-16)13-6-7-13/h1-4,12-13H,5-11H2,(H,21,22). The Bertz CT molecular complexity index is 942. The van der Waals surface area contributed by atoms with Crippen LogP contribution < -0.4 is 0 Å². The van der Waals surface area contributed by atoms with Crippen molar-refractivity contribution >= 4 is 16.8 Å². The van der Waals surface area contributed by atoms with Gasteiger partial charge in [0.1, 0.15) is 0 Å². The Labute approximate surface area is 150 Å². The summed E-state index contributed by atoms with van der Waals surface area (Å²) in [7, 11) is 0. The highest BCUT2D eigenvalue weighted by atomic mass is 16.5. The van der Waals surface area contributed by atoms with Crippen molar-refractivity contribution in [1.82, 2.24) is 25.2 Å². The number of nitrogens with one attached hydrogen (secondary N) is 1. The predicted octanol–water partition coefficient (Wildman–Crippen LogP) is 2.92. The van der Waals surface area contributed by atoms with E-state index in [4.69, 9.17) is 4.52 Å². The van der Waals surface area contributed by atoms with Crippen LogP contribution in [0.1, 0.15) is 53.8 Å². The predicted molar refractivity (Wildman–Crippen MR) is 94.7 cm³/mol. The van der Waals surface area contributed by atoms with Crippen molar-refractivity contribution in [2.45, 2.75) is 38.0 Å². The van der Waals surface area contributed by atoms with Crippen LogP contribution in [0.2, 0.25) is 0 Å². The molecule has 1 amide bonds. The Kier molecular flexibility index (Phi) is 3.72. The number of carbonyl (C=O) groups excluding carboxylic acids is 1. The minimum Gasteiger partial charge on any atom is -0.339 e. The first-order valence-electron chi connectivity index (χ1n) is 9.33. The van der Waals surface area contributed by atoms with Gasteiger partial charge in [0.05, 0.1) is 5.52 Å². The molecular formula is C19H21N5O2. The number of amides is 1. The van der Waals surface area contributed by atoms with Crippen LogP contribution in [0.25, 0.3) is 10.9 Å². The van der Waals surface area contributed by atoms with E-state index < -0.39 is 0 Å². The molecule has 0 radical (unpaired) electrons. The molecule has 134 valence electrons. The van der Waals surface area contributed by atoms with Crippen molar-refractivity contribution in [1.29, 1.82) is 0 Å². The lowest BCUT2D eigenvalue weighted by atomic mass is 10.0. The average molecular weight is 351 g/mol. The van der Waals surface area contributed by atoms with Crippen LogP contribution in [-0.4, -0.2) is 44.2 Å². The number of carbonyl (C=O) groups is 1. The second-order valence-electron chi connectivity index (χ2n) is 7.39. The first-order valence-corrected chi connectivity index (χ1v) is 9.33. The molecule has 2 fully saturated rings. The van der Waals surface area contributed by atoms with Gasteiger partial charge in [-0.3, -0.25) is 9.89 Å². The zero-order valence-electron chi connectivity index (χ0n) is 14.5. The number of benzene rings is 1. The van der Waals surface area contributed by atoms with Gasteiger partial charge in [-0.1, -0.05) is 23.4 Å². The van der Waals surface area contributed by atoms with Gasteiger partial charge < -0.3 is 9.42 Å². The Morgan fingerprint density at radius 2 is 2.15 bits per heavy atom. The SMILES string of the molecule is O=C(c1n[nH]c2ccccc12)N1CCC(CCc2noc(C3CC3)n2)C1. The maximum Gasteiger partial charge on any atom is 0.275 e. The van der Waals surface area contributed by atoms with Crippen LogP contribution in [-0.2, 0) is 6.42 Å². The number of nitrogens with zero attached hydrogens (tertiary/aromatic N) is 4. The molecular weight excluding hydrogens is 330 g/mol. The Morgan fingerprint density at radius 3 is 3.04 bits per heavy atom. The highest BCUT2D eigenvalue weighted by Crippen LogP contribution is 2.39. The molecule has 1 N–H and O–H groups in total. The molecule has 2 aliphatic rings. The fourth-order valence-electron chi connectivity index (χ4n) is 3.73. The van der Waals surface area contributed by atoms with Gasteiger partial charge in [-0.25, -0.2) is 0 Å². The van der Waals surface area contributed by atoms with E-state index in [2.05, 4.69) is 20.3 Å². The monoisotopic (exact) mass is 351 g/mol. The molecule has 1 unspecified atom stereocenters. The number of fused-ring (bicyclic) bond motifs is 1. The van der Waals surface area contributed by atoms with E-state index >= 15 is 0 Å². The highest BCUT2D eigenvalue weighted by molar-refractivity contribution is 6.04. The van der Waals surface area contributed by atoms with E-state index in [0.29, 0.717) is 17.5 Å². The van der Waals surface area contributed by atoms with Gasteiger partial charge in [-0.05, 0) is 37.7 Å². The van der Waals surface area contributed by atoms with Crippen molar-refractivity contribution in [3.05, 3.63) is 41.7 Å². The fourth-order valence-corrected chi connectivity index (χ4v) is 3.73. The van der Waals surface area contributed by atoms with E-state index in [0.717, 1.165) is 55.0 Å². The summed E-state index contributed by atoms with van der Waals surface area (Å²) >= 11 is 0. The summed E-state index contributed by atoms with van der Waals surface area (Å²) in [5, 5.41) is 12.2. The van der Waals surface area contributed by atoms with E-state index in [1.54, 1.807) is 0 Å². The molecule has 1 saturated carbocycles. The zero-order valence-corrected chi connectivity index (χ0v) is 14.5. The molecule has 1 aliphatic heterocycles. The number of rotatable bonds is 5. The van der Waals surface area contributed by atoms with E-state index in [1.807, 2.05) is 29.2 Å². The molecule has 0 spiro atoms. The number of aromatic amines is 1. The van der Waals surface area contributed by atoms with Gasteiger partial charge >= 0.3 is 0 Å². The van der Waals surface area contributed by atoms with Crippen molar-refractivity contribution in [3.63, 3.8) is 0 Å². The molecule has 7 heteroatoms. The molecule has 7 nitrogen and oxygen atoms in total. The third-order valence-corrected chi connectivity index (χ3v) is 5.43. The largest absolute Gasteiger partial charge is 0.339 e. The third-order valence-electron chi connectivity index (χ3n) is 5.43. The summed E-state index contributed by atoms with van der Waals surface area (Å²) in [4.78, 5) is 19.2. The summed E-state index contributed by atoms with van der Waals surface area (Å²) in [5.41, 5.74) is 1.42. The van der Waals surface area contributed by atoms with Gasteiger partial charge in [0.15, 0.2) is 11.5 Å². The molecule has 1 saturated heterocycles. The third kappa shape index (κ3) is 2.87. The minimum absolute atomic E-state index is 0.0144. The molecule has 26 heavy (non-hydrogen) atoms. The average Bonchev–Trinajstić information content (AvgIpc) is 3.10. The maximum atomic E-state index is 12.8. The second-order valence-corrected chi connectivity index (χ2v) is 7.39. The first kappa shape index (κ1) is 15.5. The number of likely N-dealkylation sites (tertiary alicyclic amines) is 1. The van der Waals surface area contributed by atoms with Gasteiger partial charge in [-0.2, -0.15) is 10.1 Å². The lowest BCUT2D eigenvalue weighted by Crippen LogP contribution is -2.29. The lowest BCUT2D eigenvalue weighted by Gasteiger charge is -2.15. The van der Waals surface area contributed by atoms with Crippen molar-refractivity contribution in [3.8, 4) is 0 Å². The Hall–Kier alpha value is -2.70. The van der Waals surface area contributed by atoms with Gasteiger partial charge in [0.2, 0.25) is 5.89 Å². The van der Waals surface area contributed by atoms with E-state index in [9.17, 15) is 4.79 Å². The number of para-hydroxylation sites is 1. The smallest absolute Gasteiger partial charge is 0.275 e. The summed E-state index contributed by atoms with van der Waals surface area (Å²) in [5.74, 6) is 2.59. The van der Waals surface area contributed by atoms with Gasteiger partial charge in [0.25, 0.3) is 5.91 Å². The minimum atomic E-state index is 0.0144. The van der Waals surface area contributed by atoms with Crippen LogP contribution in [0.4, 0.5) is 0 Å². The molecule has 3 aromatic rings. The van der Waals surface area contributed by atoms with Crippen LogP contribution in [0.15, 0.2) is 28.8 Å². The van der Waals surface area contributed by atoms with Crippen molar-refractivity contribution in [2.24, 2.45) is 5.92 Å². The van der Waals surface area contributed by atoms with Crippen molar-refractivity contribution < 1.29 is 9.32 Å². The Balaban J connectivity index is 1.20. The molecule has 0 bridgehead atoms. The van der Waals surface area contributed by atoms with Crippen LogP contribution in [0.5, 0.6) is 0 Å². The number of aromatic nitrogens is 4. The number of hydrogen-bond acceptors (Lipinski definition) is 5. The molecule has 1 aromatic carbocycles. The van der Waals surface area contributed by atoms with Crippen molar-refractivity contribution in [2.75, 3.05) is 13.1 Å². The number of aryl methyl sites for hydroxylation is 1. The molecule has 5 rings (SSSR count). The maximum absolute atomic E-state index is 12.8. The second kappa shape index (κ2) is 6.23. The topological polar surface area (TPSA) is 87.9 Å². The fraction of sp³-hybridized carbons (Fsp3) is 0.474. The quantitative estimate of drug-likeness (QED) is 0.763. The number of H-pyrrole nitrogens is 1. The van der Waals surface area contributed by atoms with Crippen LogP contribution >= 0.6 is 0 Å². The molecule has 1 atom stereocenters. The zero-order chi connectivity index (χ0) is 17.5. The van der Waals surface area contributed by atoms with Crippen LogP contribution in [0, 0.1) is 5.92 Å². The molecule has 3 heterocycles. The summed E-state index contributed by atoms with van der Waals surface area (Å²) < 4.78 is 5.32. The summed E-state index contributed by atoms with van der Waals surface area (Å²) in [6, 6.07) is 7.75. The summed E-state index contributed by atoms with van der Waals surface area (Å²) in [6.07, 6.45) is 5.15. The van der Waals surface area contributed by atoms with E-state index in [-0.39, 0.29) is 5.91 Å².